The highest BCUT2D eigenvalue weighted by Gasteiger charge is 2.24. The van der Waals surface area contributed by atoms with Gasteiger partial charge in [0.2, 0.25) is 11.9 Å². The zero-order chi connectivity index (χ0) is 22.0. The van der Waals surface area contributed by atoms with Crippen LogP contribution in [0.15, 0.2) is 42.7 Å². The van der Waals surface area contributed by atoms with Crippen LogP contribution in [0.25, 0.3) is 11.3 Å². The first-order valence-corrected chi connectivity index (χ1v) is 10.6. The number of carbonyl (C=O) groups excluding carboxylic acids is 1. The summed E-state index contributed by atoms with van der Waals surface area (Å²) in [7, 11) is 0. The molecule has 1 amide bonds. The first-order chi connectivity index (χ1) is 14.9. The number of piperazine rings is 1. The third kappa shape index (κ3) is 4.57. The van der Waals surface area contributed by atoms with Crippen LogP contribution in [0.3, 0.4) is 0 Å². The van der Waals surface area contributed by atoms with Crippen molar-refractivity contribution in [2.75, 3.05) is 31.1 Å². The maximum atomic E-state index is 13.7. The van der Waals surface area contributed by atoms with Crippen molar-refractivity contribution in [3.8, 4) is 11.3 Å². The fourth-order valence-corrected chi connectivity index (χ4v) is 3.81. The summed E-state index contributed by atoms with van der Waals surface area (Å²) in [5.41, 5.74) is 3.17. The van der Waals surface area contributed by atoms with E-state index in [9.17, 15) is 9.18 Å². The van der Waals surface area contributed by atoms with Gasteiger partial charge in [-0.15, -0.1) is 0 Å². The number of nitrogens with zero attached hydrogens (tertiary/aromatic N) is 6. The minimum absolute atomic E-state index is 0.0421. The predicted octanol–water partition coefficient (Wildman–Crippen LogP) is 3.26. The molecule has 1 aliphatic heterocycles. The molecule has 162 valence electrons. The second-order valence-electron chi connectivity index (χ2n) is 8.15. The SMILES string of the molecule is Cc1cc(-c2cc(C(C)C)n(CC(=O)N3CCN(c4ncccn4)CC3)n2)ccc1F. The van der Waals surface area contributed by atoms with Crippen molar-refractivity contribution in [3.63, 3.8) is 0 Å². The fraction of sp³-hybridized carbons (Fsp3) is 0.391. The lowest BCUT2D eigenvalue weighted by molar-refractivity contribution is -0.132. The summed E-state index contributed by atoms with van der Waals surface area (Å²) < 4.78 is 15.4. The molecule has 0 atom stereocenters. The quantitative estimate of drug-likeness (QED) is 0.631. The van der Waals surface area contributed by atoms with Crippen LogP contribution in [-0.2, 0) is 11.3 Å². The number of aromatic nitrogens is 4. The summed E-state index contributed by atoms with van der Waals surface area (Å²) in [6.07, 6.45) is 3.45. The Labute approximate surface area is 181 Å². The molecule has 0 N–H and O–H groups in total. The number of amides is 1. The highest BCUT2D eigenvalue weighted by molar-refractivity contribution is 5.76. The Kier molecular flexibility index (Phi) is 5.97. The molecule has 31 heavy (non-hydrogen) atoms. The molecule has 0 unspecified atom stereocenters. The van der Waals surface area contributed by atoms with Gasteiger partial charge >= 0.3 is 0 Å². The summed E-state index contributed by atoms with van der Waals surface area (Å²) >= 11 is 0. The van der Waals surface area contributed by atoms with Crippen molar-refractivity contribution in [1.82, 2.24) is 24.6 Å². The molecule has 8 heteroatoms. The first-order valence-electron chi connectivity index (χ1n) is 10.6. The molecule has 0 radical (unpaired) electrons. The van der Waals surface area contributed by atoms with Gasteiger partial charge in [-0.3, -0.25) is 9.48 Å². The van der Waals surface area contributed by atoms with Crippen molar-refractivity contribution in [2.45, 2.75) is 33.2 Å². The highest BCUT2D eigenvalue weighted by atomic mass is 19.1. The van der Waals surface area contributed by atoms with Crippen LogP contribution in [0.1, 0.15) is 31.0 Å². The Morgan fingerprint density at radius 1 is 1.10 bits per heavy atom. The zero-order valence-corrected chi connectivity index (χ0v) is 18.1. The number of aryl methyl sites for hydroxylation is 1. The molecule has 3 aromatic rings. The van der Waals surface area contributed by atoms with E-state index in [2.05, 4.69) is 33.8 Å². The molecule has 4 rings (SSSR count). The molecule has 3 heterocycles. The van der Waals surface area contributed by atoms with Gasteiger partial charge in [-0.2, -0.15) is 5.10 Å². The van der Waals surface area contributed by atoms with E-state index in [1.807, 2.05) is 11.0 Å². The number of rotatable bonds is 5. The molecule has 1 fully saturated rings. The van der Waals surface area contributed by atoms with Gasteiger partial charge in [0.05, 0.1) is 5.69 Å². The lowest BCUT2D eigenvalue weighted by Crippen LogP contribution is -2.50. The largest absolute Gasteiger partial charge is 0.338 e. The van der Waals surface area contributed by atoms with Gasteiger partial charge in [-0.05, 0) is 48.7 Å². The third-order valence-electron chi connectivity index (χ3n) is 5.61. The molecular formula is C23H27FN6O. The maximum Gasteiger partial charge on any atom is 0.244 e. The minimum Gasteiger partial charge on any atom is -0.338 e. The molecule has 7 nitrogen and oxygen atoms in total. The number of hydrogen-bond donors (Lipinski definition) is 0. The van der Waals surface area contributed by atoms with E-state index < -0.39 is 0 Å². The fourth-order valence-electron chi connectivity index (χ4n) is 3.81. The molecule has 0 aliphatic carbocycles. The second kappa shape index (κ2) is 8.83. The first kappa shape index (κ1) is 21.0. The normalized spacial score (nSPS) is 14.4. The average Bonchev–Trinajstić information content (AvgIpc) is 3.20. The van der Waals surface area contributed by atoms with E-state index in [-0.39, 0.29) is 24.2 Å². The number of benzene rings is 1. The number of hydrogen-bond acceptors (Lipinski definition) is 5. The Balaban J connectivity index is 1.46. The average molecular weight is 423 g/mol. The van der Waals surface area contributed by atoms with Crippen molar-refractivity contribution in [2.24, 2.45) is 0 Å². The lowest BCUT2D eigenvalue weighted by Gasteiger charge is -2.34. The Morgan fingerprint density at radius 3 is 2.45 bits per heavy atom. The molecule has 1 aliphatic rings. The minimum atomic E-state index is -0.234. The van der Waals surface area contributed by atoms with Gasteiger partial charge in [-0.25, -0.2) is 14.4 Å². The standard InChI is InChI=1S/C23H27FN6O/c1-16(2)21-14-20(18-5-6-19(24)17(3)13-18)27-30(21)15-22(31)28-9-11-29(12-10-28)23-25-7-4-8-26-23/h4-8,13-14,16H,9-12,15H2,1-3H3. The topological polar surface area (TPSA) is 67.2 Å². The van der Waals surface area contributed by atoms with Crippen LogP contribution in [0.4, 0.5) is 10.3 Å². The predicted molar refractivity (Wildman–Crippen MR) is 117 cm³/mol. The van der Waals surface area contributed by atoms with E-state index in [4.69, 9.17) is 0 Å². The summed E-state index contributed by atoms with van der Waals surface area (Å²) in [5.74, 6) is 0.716. The van der Waals surface area contributed by atoms with Gasteiger partial charge in [0.1, 0.15) is 12.4 Å². The molecule has 1 aromatic carbocycles. The van der Waals surface area contributed by atoms with Crippen molar-refractivity contribution in [3.05, 3.63) is 59.8 Å². The van der Waals surface area contributed by atoms with Crippen LogP contribution in [0, 0.1) is 12.7 Å². The molecule has 2 aromatic heterocycles. The van der Waals surface area contributed by atoms with Crippen molar-refractivity contribution < 1.29 is 9.18 Å². The van der Waals surface area contributed by atoms with E-state index >= 15 is 0 Å². The molecule has 1 saturated heterocycles. The van der Waals surface area contributed by atoms with E-state index in [0.29, 0.717) is 37.7 Å². The number of carbonyl (C=O) groups is 1. The van der Waals surface area contributed by atoms with Crippen LogP contribution in [0.5, 0.6) is 0 Å². The summed E-state index contributed by atoms with van der Waals surface area (Å²) in [6.45, 7) is 8.74. The molecular weight excluding hydrogens is 395 g/mol. The van der Waals surface area contributed by atoms with Gasteiger partial charge in [0.25, 0.3) is 0 Å². The number of anilines is 1. The lowest BCUT2D eigenvalue weighted by atomic mass is 10.1. The van der Waals surface area contributed by atoms with Gasteiger partial charge in [-0.1, -0.05) is 13.8 Å². The number of halogens is 1. The van der Waals surface area contributed by atoms with E-state index in [0.717, 1.165) is 17.0 Å². The van der Waals surface area contributed by atoms with Crippen molar-refractivity contribution in [1.29, 1.82) is 0 Å². The van der Waals surface area contributed by atoms with E-state index in [1.165, 1.54) is 6.07 Å². The van der Waals surface area contributed by atoms with Crippen LogP contribution in [0.2, 0.25) is 0 Å². The van der Waals surface area contributed by atoms with Gasteiger partial charge in [0, 0.05) is 49.8 Å². The van der Waals surface area contributed by atoms with Crippen LogP contribution < -0.4 is 4.90 Å². The summed E-state index contributed by atoms with van der Waals surface area (Å²) in [6, 6.07) is 8.76. The second-order valence-corrected chi connectivity index (χ2v) is 8.15. The monoisotopic (exact) mass is 422 g/mol. The van der Waals surface area contributed by atoms with E-state index in [1.54, 1.807) is 42.2 Å². The summed E-state index contributed by atoms with van der Waals surface area (Å²) in [5, 5.41) is 4.69. The third-order valence-corrected chi connectivity index (χ3v) is 5.61. The van der Waals surface area contributed by atoms with Crippen LogP contribution in [-0.4, -0.2) is 56.7 Å². The molecule has 0 spiro atoms. The van der Waals surface area contributed by atoms with Gasteiger partial charge in [0.15, 0.2) is 0 Å². The Hall–Kier alpha value is -3.29. The zero-order valence-electron chi connectivity index (χ0n) is 18.1. The molecule has 0 saturated carbocycles. The maximum absolute atomic E-state index is 13.7. The highest BCUT2D eigenvalue weighted by Crippen LogP contribution is 2.25. The molecule has 0 bridgehead atoms. The Morgan fingerprint density at radius 2 is 1.81 bits per heavy atom. The summed E-state index contributed by atoms with van der Waals surface area (Å²) in [4.78, 5) is 25.5. The van der Waals surface area contributed by atoms with Crippen LogP contribution >= 0.6 is 0 Å². The smallest absolute Gasteiger partial charge is 0.244 e. The van der Waals surface area contributed by atoms with Gasteiger partial charge < -0.3 is 9.80 Å². The Bertz CT molecular complexity index is 1060. The van der Waals surface area contributed by atoms with Crippen molar-refractivity contribution >= 4 is 11.9 Å².